The second-order valence-electron chi connectivity index (χ2n) is 4.76. The molecule has 4 heteroatoms. The summed E-state index contributed by atoms with van der Waals surface area (Å²) in [6.45, 7) is 7.86. The summed E-state index contributed by atoms with van der Waals surface area (Å²) in [5.74, 6) is 0.736. The summed E-state index contributed by atoms with van der Waals surface area (Å²) in [4.78, 5) is 8.27. The number of thiazole rings is 1. The van der Waals surface area contributed by atoms with Gasteiger partial charge in [0.2, 0.25) is 0 Å². The van der Waals surface area contributed by atoms with Crippen LogP contribution in [-0.4, -0.2) is 36.1 Å². The van der Waals surface area contributed by atoms with Crippen molar-refractivity contribution >= 4 is 11.3 Å². The van der Waals surface area contributed by atoms with Gasteiger partial charge in [0.25, 0.3) is 0 Å². The van der Waals surface area contributed by atoms with Gasteiger partial charge < -0.3 is 5.32 Å². The van der Waals surface area contributed by atoms with Gasteiger partial charge in [0.1, 0.15) is 5.01 Å². The van der Waals surface area contributed by atoms with Crippen molar-refractivity contribution in [3.63, 3.8) is 0 Å². The van der Waals surface area contributed by atoms with Gasteiger partial charge in [0.15, 0.2) is 0 Å². The molecule has 1 fully saturated rings. The Labute approximate surface area is 102 Å². The highest BCUT2D eigenvalue weighted by molar-refractivity contribution is 7.11. The molecule has 0 spiro atoms. The maximum Gasteiger partial charge on any atom is 0.107 e. The standard InChI is InChI=1S/C12H21N3S/c1-9-7-15(5-4-11(9)13-3)8-12-14-6-10(2)16-12/h6,9,11,13H,4-5,7-8H2,1-3H3. The maximum absolute atomic E-state index is 4.44. The molecule has 1 aromatic heterocycles. The van der Waals surface area contributed by atoms with E-state index in [4.69, 9.17) is 0 Å². The molecule has 1 aliphatic rings. The first-order valence-electron chi connectivity index (χ1n) is 6.00. The second-order valence-corrected chi connectivity index (χ2v) is 6.08. The van der Waals surface area contributed by atoms with Crippen molar-refractivity contribution < 1.29 is 0 Å². The highest BCUT2D eigenvalue weighted by Gasteiger charge is 2.24. The van der Waals surface area contributed by atoms with Crippen LogP contribution in [0.25, 0.3) is 0 Å². The van der Waals surface area contributed by atoms with Crippen LogP contribution < -0.4 is 5.32 Å². The lowest BCUT2D eigenvalue weighted by Gasteiger charge is -2.36. The van der Waals surface area contributed by atoms with E-state index in [0.29, 0.717) is 6.04 Å². The van der Waals surface area contributed by atoms with E-state index in [-0.39, 0.29) is 0 Å². The molecule has 0 amide bonds. The molecule has 3 nitrogen and oxygen atoms in total. The van der Waals surface area contributed by atoms with Gasteiger partial charge >= 0.3 is 0 Å². The summed E-state index contributed by atoms with van der Waals surface area (Å²) in [7, 11) is 2.07. The number of nitrogens with zero attached hydrogens (tertiary/aromatic N) is 2. The normalized spacial score (nSPS) is 27.2. The average Bonchev–Trinajstić information content (AvgIpc) is 2.64. The fraction of sp³-hybridized carbons (Fsp3) is 0.750. The van der Waals surface area contributed by atoms with E-state index in [2.05, 4.69) is 36.1 Å². The molecule has 0 radical (unpaired) electrons. The number of likely N-dealkylation sites (tertiary alicyclic amines) is 1. The monoisotopic (exact) mass is 239 g/mol. The van der Waals surface area contributed by atoms with Crippen LogP contribution in [0.1, 0.15) is 23.2 Å². The number of hydrogen-bond donors (Lipinski definition) is 1. The highest BCUT2D eigenvalue weighted by Crippen LogP contribution is 2.20. The predicted octanol–water partition coefficient (Wildman–Crippen LogP) is 1.88. The van der Waals surface area contributed by atoms with Crippen LogP contribution >= 0.6 is 11.3 Å². The van der Waals surface area contributed by atoms with Crippen molar-refractivity contribution in [2.75, 3.05) is 20.1 Å². The fourth-order valence-electron chi connectivity index (χ4n) is 2.47. The fourth-order valence-corrected chi connectivity index (χ4v) is 3.30. The van der Waals surface area contributed by atoms with E-state index in [1.165, 1.54) is 29.4 Å². The Bertz CT molecular complexity index is 337. The van der Waals surface area contributed by atoms with Crippen molar-refractivity contribution in [3.05, 3.63) is 16.1 Å². The number of aromatic nitrogens is 1. The third kappa shape index (κ3) is 2.81. The van der Waals surface area contributed by atoms with Gasteiger partial charge in [-0.05, 0) is 26.3 Å². The van der Waals surface area contributed by atoms with E-state index in [9.17, 15) is 0 Å². The third-order valence-corrected chi connectivity index (χ3v) is 4.29. The Balaban J connectivity index is 1.88. The number of piperidine rings is 1. The molecule has 0 aromatic carbocycles. The zero-order chi connectivity index (χ0) is 11.5. The smallest absolute Gasteiger partial charge is 0.107 e. The lowest BCUT2D eigenvalue weighted by molar-refractivity contribution is 0.145. The van der Waals surface area contributed by atoms with Crippen LogP contribution in [0.4, 0.5) is 0 Å². The molecular formula is C12H21N3S. The molecular weight excluding hydrogens is 218 g/mol. The molecule has 0 aliphatic carbocycles. The van der Waals surface area contributed by atoms with E-state index in [1.54, 1.807) is 0 Å². The van der Waals surface area contributed by atoms with Gasteiger partial charge in [0.05, 0.1) is 6.54 Å². The Hall–Kier alpha value is -0.450. The summed E-state index contributed by atoms with van der Waals surface area (Å²) < 4.78 is 0. The SMILES string of the molecule is CNC1CCN(Cc2ncc(C)s2)CC1C. The average molecular weight is 239 g/mol. The molecule has 1 aliphatic heterocycles. The third-order valence-electron chi connectivity index (χ3n) is 3.39. The molecule has 90 valence electrons. The minimum absolute atomic E-state index is 0.689. The largest absolute Gasteiger partial charge is 0.317 e. The van der Waals surface area contributed by atoms with Crippen molar-refractivity contribution in [1.82, 2.24) is 15.2 Å². The number of rotatable bonds is 3. The molecule has 0 bridgehead atoms. The Kier molecular flexibility index (Phi) is 3.95. The van der Waals surface area contributed by atoms with Crippen LogP contribution in [0.3, 0.4) is 0 Å². The van der Waals surface area contributed by atoms with Crippen molar-refractivity contribution in [3.8, 4) is 0 Å². The quantitative estimate of drug-likeness (QED) is 0.873. The summed E-state index contributed by atoms with van der Waals surface area (Å²) in [6.07, 6.45) is 3.23. The van der Waals surface area contributed by atoms with E-state index >= 15 is 0 Å². The van der Waals surface area contributed by atoms with Gasteiger partial charge in [-0.15, -0.1) is 11.3 Å². The van der Waals surface area contributed by atoms with Crippen molar-refractivity contribution in [1.29, 1.82) is 0 Å². The van der Waals surface area contributed by atoms with E-state index in [0.717, 1.165) is 12.5 Å². The number of nitrogens with one attached hydrogen (secondary N) is 1. The van der Waals surface area contributed by atoms with Crippen LogP contribution in [0, 0.1) is 12.8 Å². The van der Waals surface area contributed by atoms with Crippen LogP contribution in [0.5, 0.6) is 0 Å². The Morgan fingerprint density at radius 3 is 3.00 bits per heavy atom. The highest BCUT2D eigenvalue weighted by atomic mass is 32.1. The topological polar surface area (TPSA) is 28.2 Å². The van der Waals surface area contributed by atoms with E-state index < -0.39 is 0 Å². The molecule has 2 atom stereocenters. The van der Waals surface area contributed by atoms with E-state index in [1.807, 2.05) is 17.5 Å². The molecule has 1 N–H and O–H groups in total. The predicted molar refractivity (Wildman–Crippen MR) is 68.8 cm³/mol. The summed E-state index contributed by atoms with van der Waals surface area (Å²) in [5.41, 5.74) is 0. The molecule has 0 saturated carbocycles. The lowest BCUT2D eigenvalue weighted by atomic mass is 9.94. The summed E-state index contributed by atoms with van der Waals surface area (Å²) >= 11 is 1.82. The first kappa shape index (κ1) is 12.0. The number of aryl methyl sites for hydroxylation is 1. The second kappa shape index (κ2) is 5.25. The maximum atomic E-state index is 4.44. The minimum atomic E-state index is 0.689. The molecule has 2 unspecified atom stereocenters. The van der Waals surface area contributed by atoms with Crippen molar-refractivity contribution in [2.45, 2.75) is 32.9 Å². The minimum Gasteiger partial charge on any atom is -0.317 e. The van der Waals surface area contributed by atoms with Gasteiger partial charge in [-0.25, -0.2) is 4.98 Å². The summed E-state index contributed by atoms with van der Waals surface area (Å²) in [6, 6.07) is 0.689. The van der Waals surface area contributed by atoms with Gasteiger partial charge in [-0.3, -0.25) is 4.90 Å². The first-order valence-corrected chi connectivity index (χ1v) is 6.81. The Morgan fingerprint density at radius 2 is 2.44 bits per heavy atom. The molecule has 2 heterocycles. The Morgan fingerprint density at radius 1 is 1.62 bits per heavy atom. The zero-order valence-corrected chi connectivity index (χ0v) is 11.2. The summed E-state index contributed by atoms with van der Waals surface area (Å²) in [5, 5.41) is 4.66. The first-order chi connectivity index (χ1) is 7.69. The molecule has 16 heavy (non-hydrogen) atoms. The number of hydrogen-bond acceptors (Lipinski definition) is 4. The molecule has 2 rings (SSSR count). The van der Waals surface area contributed by atoms with Crippen LogP contribution in [0.15, 0.2) is 6.20 Å². The lowest BCUT2D eigenvalue weighted by Crippen LogP contribution is -2.46. The van der Waals surface area contributed by atoms with Gasteiger partial charge in [-0.1, -0.05) is 6.92 Å². The van der Waals surface area contributed by atoms with Crippen molar-refractivity contribution in [2.24, 2.45) is 5.92 Å². The van der Waals surface area contributed by atoms with Gasteiger partial charge in [-0.2, -0.15) is 0 Å². The molecule has 1 aromatic rings. The molecule has 1 saturated heterocycles. The van der Waals surface area contributed by atoms with Gasteiger partial charge in [0, 0.05) is 30.2 Å². The van der Waals surface area contributed by atoms with Crippen LogP contribution in [-0.2, 0) is 6.54 Å². The zero-order valence-electron chi connectivity index (χ0n) is 10.4. The van der Waals surface area contributed by atoms with Crippen LogP contribution in [0.2, 0.25) is 0 Å².